The zero-order valence-corrected chi connectivity index (χ0v) is 34.7. The molecule has 12 rings (SSSR count). The molecule has 1 aromatic heterocycles. The number of fused-ring (bicyclic) bond motifs is 8. The van der Waals surface area contributed by atoms with Gasteiger partial charge in [-0.05, 0) is 110 Å². The minimum absolute atomic E-state index is 0.0604. The molecule has 0 N–H and O–H groups in total. The maximum absolute atomic E-state index is 6.87. The minimum Gasteiger partial charge on any atom is -0.456 e. The number of hydrogen-bond donors (Lipinski definition) is 0. The Kier molecular flexibility index (Phi) is 8.14. The smallest absolute Gasteiger partial charge is 0.140 e. The number of nitrogens with zero attached hydrogens (tertiary/aromatic N) is 1. The van der Waals surface area contributed by atoms with Gasteiger partial charge in [-0.2, -0.15) is 0 Å². The van der Waals surface area contributed by atoms with Crippen molar-refractivity contribution in [2.24, 2.45) is 0 Å². The summed E-state index contributed by atoms with van der Waals surface area (Å²) in [5.41, 5.74) is 19.7. The van der Waals surface area contributed by atoms with Crippen molar-refractivity contribution in [1.29, 1.82) is 0 Å². The molecule has 9 aromatic carbocycles. The summed E-state index contributed by atoms with van der Waals surface area (Å²) in [5, 5.41) is 1.15. The van der Waals surface area contributed by atoms with Crippen LogP contribution >= 0.6 is 0 Å². The molecule has 0 radical (unpaired) electrons. The highest BCUT2D eigenvalue weighted by Gasteiger charge is 2.49. The van der Waals surface area contributed by atoms with Crippen LogP contribution in [0.25, 0.3) is 55.7 Å². The van der Waals surface area contributed by atoms with Crippen LogP contribution in [0.4, 0.5) is 17.1 Å². The van der Waals surface area contributed by atoms with Crippen LogP contribution in [-0.4, -0.2) is 0 Å². The molecule has 0 atom stereocenters. The van der Waals surface area contributed by atoms with Gasteiger partial charge in [0.15, 0.2) is 0 Å². The predicted octanol–water partition coefficient (Wildman–Crippen LogP) is 15.9. The molecule has 0 aliphatic heterocycles. The molecule has 0 saturated heterocycles. The van der Waals surface area contributed by atoms with E-state index in [-0.39, 0.29) is 5.41 Å². The third-order valence-corrected chi connectivity index (χ3v) is 13.6. The fraction of sp³-hybridized carbons (Fsp3) is 0.0667. The Bertz CT molecular complexity index is 3250. The van der Waals surface area contributed by atoms with E-state index < -0.39 is 5.41 Å². The molecular weight excluding hydrogens is 751 g/mol. The lowest BCUT2D eigenvalue weighted by Crippen LogP contribution is -2.28. The van der Waals surface area contributed by atoms with E-state index in [9.17, 15) is 0 Å². The Morgan fingerprint density at radius 3 is 1.55 bits per heavy atom. The first-order chi connectivity index (χ1) is 30.5. The fourth-order valence-electron chi connectivity index (χ4n) is 10.7. The van der Waals surface area contributed by atoms with Crippen molar-refractivity contribution in [2.45, 2.75) is 24.7 Å². The highest BCUT2D eigenvalue weighted by molar-refractivity contribution is 5.98. The van der Waals surface area contributed by atoms with Crippen LogP contribution in [0.2, 0.25) is 0 Å². The highest BCUT2D eigenvalue weighted by Crippen LogP contribution is 2.60. The summed E-state index contributed by atoms with van der Waals surface area (Å²) in [6.07, 6.45) is 0. The molecule has 2 aliphatic carbocycles. The van der Waals surface area contributed by atoms with Crippen LogP contribution in [-0.2, 0) is 10.8 Å². The Labute approximate surface area is 363 Å². The largest absolute Gasteiger partial charge is 0.456 e. The summed E-state index contributed by atoms with van der Waals surface area (Å²) in [5.74, 6) is 0.943. The van der Waals surface area contributed by atoms with Gasteiger partial charge >= 0.3 is 0 Å². The summed E-state index contributed by atoms with van der Waals surface area (Å²) >= 11 is 0. The normalized spacial score (nSPS) is 13.9. The van der Waals surface area contributed by atoms with Crippen LogP contribution in [0.5, 0.6) is 0 Å². The number of benzene rings is 9. The molecule has 2 heteroatoms. The Morgan fingerprint density at radius 2 is 0.871 bits per heavy atom. The lowest BCUT2D eigenvalue weighted by molar-refractivity contribution is 0.628. The van der Waals surface area contributed by atoms with Crippen molar-refractivity contribution in [1.82, 2.24) is 0 Å². The van der Waals surface area contributed by atoms with Gasteiger partial charge in [0.1, 0.15) is 11.3 Å². The molecule has 2 aliphatic rings. The predicted molar refractivity (Wildman–Crippen MR) is 257 cm³/mol. The SMILES string of the molecule is CC1(C)c2ccccc2-c2cc(N(c3ccc(-c4ccccc4)cc3)c3ccc(-c4ccc5c(c4)-c4oc6ccccc6c4C5(c4ccccc4)c4ccccc4)cc3)ccc21. The van der Waals surface area contributed by atoms with Gasteiger partial charge in [0.2, 0.25) is 0 Å². The Hall–Kier alpha value is -7.68. The van der Waals surface area contributed by atoms with Gasteiger partial charge in [0.25, 0.3) is 0 Å². The van der Waals surface area contributed by atoms with Gasteiger partial charge in [-0.25, -0.2) is 0 Å². The Balaban J connectivity index is 0.988. The van der Waals surface area contributed by atoms with Crippen LogP contribution in [0, 0.1) is 0 Å². The van der Waals surface area contributed by atoms with E-state index in [1.54, 1.807) is 0 Å². The Morgan fingerprint density at radius 1 is 0.371 bits per heavy atom. The number of para-hydroxylation sites is 1. The quantitative estimate of drug-likeness (QED) is 0.160. The summed E-state index contributed by atoms with van der Waals surface area (Å²) < 4.78 is 6.87. The number of furan rings is 1. The van der Waals surface area contributed by atoms with Gasteiger partial charge in [-0.1, -0.05) is 190 Å². The summed E-state index contributed by atoms with van der Waals surface area (Å²) in [6.45, 7) is 4.68. The van der Waals surface area contributed by atoms with Gasteiger partial charge in [0, 0.05) is 39.0 Å². The molecular formula is C60H43NO. The third kappa shape index (κ3) is 5.36. The zero-order chi connectivity index (χ0) is 41.4. The zero-order valence-electron chi connectivity index (χ0n) is 34.7. The van der Waals surface area contributed by atoms with E-state index in [0.29, 0.717) is 0 Å². The van der Waals surface area contributed by atoms with Gasteiger partial charge in [-0.3, -0.25) is 0 Å². The van der Waals surface area contributed by atoms with Crippen molar-refractivity contribution in [3.8, 4) is 44.7 Å². The number of rotatable bonds is 7. The molecule has 0 fully saturated rings. The average Bonchev–Trinajstić information content (AvgIpc) is 3.94. The highest BCUT2D eigenvalue weighted by atomic mass is 16.3. The summed E-state index contributed by atoms with van der Waals surface area (Å²) in [6, 6.07) is 81.9. The molecule has 0 saturated carbocycles. The maximum Gasteiger partial charge on any atom is 0.140 e. The average molecular weight is 794 g/mol. The summed E-state index contributed by atoms with van der Waals surface area (Å²) in [4.78, 5) is 2.39. The third-order valence-electron chi connectivity index (χ3n) is 13.6. The second-order valence-electron chi connectivity index (χ2n) is 17.2. The topological polar surface area (TPSA) is 16.4 Å². The lowest BCUT2D eigenvalue weighted by atomic mass is 9.67. The van der Waals surface area contributed by atoms with Crippen LogP contribution in [0.3, 0.4) is 0 Å². The molecule has 62 heavy (non-hydrogen) atoms. The van der Waals surface area contributed by atoms with E-state index in [1.165, 1.54) is 55.6 Å². The van der Waals surface area contributed by atoms with Crippen molar-refractivity contribution < 1.29 is 4.42 Å². The molecule has 0 spiro atoms. The van der Waals surface area contributed by atoms with Crippen molar-refractivity contribution in [2.75, 3.05) is 4.90 Å². The standard InChI is InChI=1S/C60H43NO/c1-59(2)53-24-14-12-22-49(53)51-39-48(35-37-54(51)59)61(46-31-26-41(27-32-46)40-16-6-3-7-17-40)47-33-28-42(29-34-47)43-30-36-55-52(38-43)58-57(50-23-13-15-25-56(50)62-58)60(55,44-18-8-4-9-19-44)45-20-10-5-11-21-45/h3-39H,1-2H3. The first kappa shape index (κ1) is 36.2. The van der Waals surface area contributed by atoms with Crippen molar-refractivity contribution >= 4 is 28.0 Å². The number of hydrogen-bond acceptors (Lipinski definition) is 2. The van der Waals surface area contributed by atoms with E-state index >= 15 is 0 Å². The monoisotopic (exact) mass is 793 g/mol. The molecule has 0 bridgehead atoms. The van der Waals surface area contributed by atoms with Gasteiger partial charge in [-0.15, -0.1) is 0 Å². The second-order valence-corrected chi connectivity index (χ2v) is 17.2. The van der Waals surface area contributed by atoms with E-state index in [4.69, 9.17) is 4.42 Å². The molecule has 10 aromatic rings. The molecule has 1 heterocycles. The fourth-order valence-corrected chi connectivity index (χ4v) is 10.7. The van der Waals surface area contributed by atoms with E-state index in [2.05, 4.69) is 243 Å². The van der Waals surface area contributed by atoms with Crippen LogP contribution in [0.15, 0.2) is 229 Å². The van der Waals surface area contributed by atoms with E-state index in [0.717, 1.165) is 50.5 Å². The van der Waals surface area contributed by atoms with Gasteiger partial charge in [0.05, 0.1) is 5.41 Å². The molecule has 294 valence electrons. The lowest BCUT2D eigenvalue weighted by Gasteiger charge is -2.33. The van der Waals surface area contributed by atoms with Crippen LogP contribution < -0.4 is 4.90 Å². The number of anilines is 3. The minimum atomic E-state index is -0.537. The van der Waals surface area contributed by atoms with Crippen molar-refractivity contribution in [3.05, 3.63) is 258 Å². The molecule has 0 amide bonds. The van der Waals surface area contributed by atoms with E-state index in [1.807, 2.05) is 0 Å². The first-order valence-corrected chi connectivity index (χ1v) is 21.6. The second kappa shape index (κ2) is 13.9. The van der Waals surface area contributed by atoms with Crippen LogP contribution in [0.1, 0.15) is 47.2 Å². The maximum atomic E-state index is 6.87. The summed E-state index contributed by atoms with van der Waals surface area (Å²) in [7, 11) is 0. The van der Waals surface area contributed by atoms with Gasteiger partial charge < -0.3 is 9.32 Å². The molecule has 2 nitrogen and oxygen atoms in total. The first-order valence-electron chi connectivity index (χ1n) is 21.6. The van der Waals surface area contributed by atoms with Crippen molar-refractivity contribution in [3.63, 3.8) is 0 Å². The molecule has 0 unspecified atom stereocenters.